The van der Waals surface area contributed by atoms with Crippen LogP contribution < -0.4 is 10.6 Å². The van der Waals surface area contributed by atoms with Crippen LogP contribution in [0.2, 0.25) is 0 Å². The number of amides is 1. The third-order valence-corrected chi connectivity index (χ3v) is 7.20. The van der Waals surface area contributed by atoms with Crippen LogP contribution in [0.25, 0.3) is 0 Å². The zero-order valence-electron chi connectivity index (χ0n) is 22.1. The van der Waals surface area contributed by atoms with Crippen molar-refractivity contribution in [3.8, 4) is 0 Å². The van der Waals surface area contributed by atoms with Crippen LogP contribution in [0, 0.1) is 29.6 Å². The first-order valence-electron chi connectivity index (χ1n) is 13.7. The predicted octanol–water partition coefficient (Wildman–Crippen LogP) is 4.57. The molecule has 1 saturated carbocycles. The van der Waals surface area contributed by atoms with Crippen LogP contribution in [0.15, 0.2) is 0 Å². The van der Waals surface area contributed by atoms with Gasteiger partial charge in [0.15, 0.2) is 6.29 Å². The molecule has 0 aliphatic heterocycles. The van der Waals surface area contributed by atoms with E-state index in [1.807, 2.05) is 6.92 Å². The highest BCUT2D eigenvalue weighted by Gasteiger charge is 2.36. The van der Waals surface area contributed by atoms with E-state index >= 15 is 0 Å². The molecule has 5 atom stereocenters. The minimum atomic E-state index is -1.22. The normalized spacial score (nSPS) is 18.8. The summed E-state index contributed by atoms with van der Waals surface area (Å²) in [5, 5.41) is 34.5. The quantitative estimate of drug-likeness (QED) is 0.133. The van der Waals surface area contributed by atoms with Crippen molar-refractivity contribution in [1.82, 2.24) is 10.6 Å². The number of hydrogen-bond acceptors (Lipinski definition) is 5. The van der Waals surface area contributed by atoms with Gasteiger partial charge in [0.25, 0.3) is 0 Å². The summed E-state index contributed by atoms with van der Waals surface area (Å²) in [6.45, 7) is 11.5. The lowest BCUT2D eigenvalue weighted by Crippen LogP contribution is -2.51. The third kappa shape index (κ3) is 13.7. The van der Waals surface area contributed by atoms with E-state index in [-0.39, 0.29) is 23.8 Å². The fourth-order valence-electron chi connectivity index (χ4n) is 5.05. The molecule has 0 aromatic heterocycles. The summed E-state index contributed by atoms with van der Waals surface area (Å²) in [5.74, 6) is 2.22. The van der Waals surface area contributed by atoms with Gasteiger partial charge in [-0.3, -0.25) is 10.1 Å². The lowest BCUT2D eigenvalue weighted by Gasteiger charge is -2.33. The van der Waals surface area contributed by atoms with Crippen LogP contribution in [-0.2, 0) is 4.79 Å². The Kier molecular flexibility index (Phi) is 15.5. The van der Waals surface area contributed by atoms with Gasteiger partial charge in [0.2, 0.25) is 5.91 Å². The minimum absolute atomic E-state index is 0.00815. The summed E-state index contributed by atoms with van der Waals surface area (Å²) in [7, 11) is 0. The standard InChI is InChI=1S/C27H54N2O4/c1-6-7-12-20(4)17-23(18-22-14-15-22)25(19(2)3)27(33)29-21(5)26(32)28-16-11-9-8-10-13-24(30)31/h19-26,28,30-32H,6-18H2,1-5H3,(H,29,33). The molecule has 0 aromatic rings. The van der Waals surface area contributed by atoms with Gasteiger partial charge >= 0.3 is 0 Å². The molecule has 0 saturated heterocycles. The Balaban J connectivity index is 2.52. The van der Waals surface area contributed by atoms with Crippen molar-refractivity contribution < 1.29 is 20.1 Å². The van der Waals surface area contributed by atoms with Gasteiger partial charge in [-0.25, -0.2) is 0 Å². The first kappa shape index (κ1) is 30.3. The molecule has 1 rings (SSSR count). The van der Waals surface area contributed by atoms with Crippen molar-refractivity contribution in [3.05, 3.63) is 0 Å². The number of carbonyl (C=O) groups is 1. The molecule has 0 spiro atoms. The van der Waals surface area contributed by atoms with Crippen molar-refractivity contribution >= 4 is 5.91 Å². The van der Waals surface area contributed by atoms with E-state index in [0.29, 0.717) is 24.8 Å². The Labute approximate surface area is 203 Å². The van der Waals surface area contributed by atoms with Gasteiger partial charge in [0.05, 0.1) is 6.04 Å². The number of hydrogen-bond donors (Lipinski definition) is 5. The molecule has 6 heteroatoms. The van der Waals surface area contributed by atoms with Crippen LogP contribution in [0.4, 0.5) is 0 Å². The molecule has 1 amide bonds. The number of carbonyl (C=O) groups excluding carboxylic acids is 1. The van der Waals surface area contributed by atoms with E-state index in [0.717, 1.165) is 44.4 Å². The van der Waals surface area contributed by atoms with E-state index in [1.54, 1.807) is 0 Å². The van der Waals surface area contributed by atoms with Crippen molar-refractivity contribution in [3.63, 3.8) is 0 Å². The molecule has 33 heavy (non-hydrogen) atoms. The maximum Gasteiger partial charge on any atom is 0.223 e. The van der Waals surface area contributed by atoms with Gasteiger partial charge in [-0.2, -0.15) is 0 Å². The molecule has 5 unspecified atom stereocenters. The third-order valence-electron chi connectivity index (χ3n) is 7.20. The van der Waals surface area contributed by atoms with Gasteiger partial charge in [-0.15, -0.1) is 0 Å². The molecule has 0 radical (unpaired) electrons. The number of aliphatic hydroxyl groups is 3. The Morgan fingerprint density at radius 1 is 0.939 bits per heavy atom. The van der Waals surface area contributed by atoms with Gasteiger partial charge < -0.3 is 20.6 Å². The fraction of sp³-hybridized carbons (Fsp3) is 0.963. The molecule has 0 heterocycles. The second-order valence-corrected chi connectivity index (χ2v) is 11.1. The van der Waals surface area contributed by atoms with Gasteiger partial charge in [-0.1, -0.05) is 72.6 Å². The molecule has 5 N–H and O–H groups in total. The molecule has 196 valence electrons. The molecular weight excluding hydrogens is 416 g/mol. The summed E-state index contributed by atoms with van der Waals surface area (Å²) in [6.07, 6.45) is 10.7. The van der Waals surface area contributed by atoms with Crippen LogP contribution in [0.1, 0.15) is 112 Å². The Morgan fingerprint density at radius 2 is 1.61 bits per heavy atom. The van der Waals surface area contributed by atoms with Crippen LogP contribution in [0.5, 0.6) is 0 Å². The van der Waals surface area contributed by atoms with E-state index in [1.165, 1.54) is 32.1 Å². The maximum absolute atomic E-state index is 13.4. The Morgan fingerprint density at radius 3 is 2.18 bits per heavy atom. The lowest BCUT2D eigenvalue weighted by atomic mass is 9.74. The SMILES string of the molecule is CCCCC(C)CC(CC1CC1)C(C(=O)NC(C)C(O)NCCCCCCC(O)O)C(C)C. The first-order chi connectivity index (χ1) is 15.6. The van der Waals surface area contributed by atoms with Crippen molar-refractivity contribution in [2.45, 2.75) is 130 Å². The molecule has 6 nitrogen and oxygen atoms in total. The zero-order chi connectivity index (χ0) is 24.8. The summed E-state index contributed by atoms with van der Waals surface area (Å²) in [4.78, 5) is 13.4. The van der Waals surface area contributed by atoms with E-state index < -0.39 is 12.5 Å². The topological polar surface area (TPSA) is 102 Å². The lowest BCUT2D eigenvalue weighted by molar-refractivity contribution is -0.130. The molecule has 1 aliphatic carbocycles. The van der Waals surface area contributed by atoms with Crippen molar-refractivity contribution in [2.75, 3.05) is 6.54 Å². The smallest absolute Gasteiger partial charge is 0.223 e. The highest BCUT2D eigenvalue weighted by molar-refractivity contribution is 5.79. The molecule has 0 bridgehead atoms. The highest BCUT2D eigenvalue weighted by Crippen LogP contribution is 2.42. The second kappa shape index (κ2) is 16.9. The maximum atomic E-state index is 13.4. The Hall–Kier alpha value is -0.690. The van der Waals surface area contributed by atoms with Crippen molar-refractivity contribution in [1.29, 1.82) is 0 Å². The summed E-state index contributed by atoms with van der Waals surface area (Å²) in [5.41, 5.74) is 0. The van der Waals surface area contributed by atoms with Crippen LogP contribution in [0.3, 0.4) is 0 Å². The average molecular weight is 471 g/mol. The van der Waals surface area contributed by atoms with Crippen LogP contribution in [-0.4, -0.2) is 46.3 Å². The van der Waals surface area contributed by atoms with Crippen molar-refractivity contribution in [2.24, 2.45) is 29.6 Å². The summed E-state index contributed by atoms with van der Waals surface area (Å²) < 4.78 is 0. The summed E-state index contributed by atoms with van der Waals surface area (Å²) >= 11 is 0. The highest BCUT2D eigenvalue weighted by atomic mass is 16.5. The molecule has 1 aliphatic rings. The second-order valence-electron chi connectivity index (χ2n) is 11.1. The molecule has 1 fully saturated rings. The largest absolute Gasteiger partial charge is 0.376 e. The van der Waals surface area contributed by atoms with E-state index in [9.17, 15) is 9.90 Å². The monoisotopic (exact) mass is 470 g/mol. The number of nitrogens with one attached hydrogen (secondary N) is 2. The predicted molar refractivity (Wildman–Crippen MR) is 135 cm³/mol. The number of unbranched alkanes of at least 4 members (excludes halogenated alkanes) is 4. The fourth-order valence-corrected chi connectivity index (χ4v) is 5.05. The zero-order valence-corrected chi connectivity index (χ0v) is 22.1. The van der Waals surface area contributed by atoms with Crippen LogP contribution >= 0.6 is 0 Å². The first-order valence-corrected chi connectivity index (χ1v) is 13.7. The number of aliphatic hydroxyl groups excluding tert-OH is 2. The van der Waals surface area contributed by atoms with Gasteiger partial charge in [0.1, 0.15) is 6.23 Å². The summed E-state index contributed by atoms with van der Waals surface area (Å²) in [6, 6.07) is -0.345. The average Bonchev–Trinajstić information content (AvgIpc) is 3.54. The molecular formula is C27H54N2O4. The van der Waals surface area contributed by atoms with Gasteiger partial charge in [0, 0.05) is 5.92 Å². The Bertz CT molecular complexity index is 510. The van der Waals surface area contributed by atoms with Gasteiger partial charge in [-0.05, 0) is 69.2 Å². The molecule has 0 aromatic carbocycles. The van der Waals surface area contributed by atoms with E-state index in [4.69, 9.17) is 10.2 Å². The minimum Gasteiger partial charge on any atom is -0.376 e. The number of rotatable bonds is 20. The van der Waals surface area contributed by atoms with E-state index in [2.05, 4.69) is 38.3 Å².